The van der Waals surface area contributed by atoms with Crippen molar-refractivity contribution in [2.45, 2.75) is 39.7 Å². The molecular formula is C23H28N4O5. The van der Waals surface area contributed by atoms with Gasteiger partial charge in [0.1, 0.15) is 11.3 Å². The quantitative estimate of drug-likeness (QED) is 0.428. The zero-order valence-corrected chi connectivity index (χ0v) is 18.8. The fraction of sp³-hybridized carbons (Fsp3) is 0.391. The number of rotatable bonds is 8. The first kappa shape index (κ1) is 23.1. The summed E-state index contributed by atoms with van der Waals surface area (Å²) >= 11 is 0. The van der Waals surface area contributed by atoms with Crippen LogP contribution in [0, 0.1) is 0 Å². The number of nitrogens with one attached hydrogen (secondary N) is 1. The third-order valence-corrected chi connectivity index (χ3v) is 5.28. The van der Waals surface area contributed by atoms with E-state index in [1.165, 1.54) is 17.7 Å². The highest BCUT2D eigenvalue weighted by atomic mass is 16.5. The Morgan fingerprint density at radius 2 is 1.69 bits per heavy atom. The molecule has 0 saturated heterocycles. The van der Waals surface area contributed by atoms with Crippen LogP contribution < -0.4 is 16.6 Å². The minimum Gasteiger partial charge on any atom is -0.462 e. The van der Waals surface area contributed by atoms with E-state index in [-0.39, 0.29) is 5.69 Å². The average Bonchev–Trinajstić information content (AvgIpc) is 3.16. The van der Waals surface area contributed by atoms with E-state index in [1.54, 1.807) is 35.9 Å². The molecule has 0 aliphatic heterocycles. The first-order valence-electron chi connectivity index (χ1n) is 10.7. The van der Waals surface area contributed by atoms with Gasteiger partial charge < -0.3 is 14.6 Å². The third-order valence-electron chi connectivity index (χ3n) is 5.28. The maximum Gasteiger partial charge on any atom is 0.338 e. The monoisotopic (exact) mass is 440 g/mol. The number of carbonyl (C=O) groups excluding carboxylic acids is 2. The van der Waals surface area contributed by atoms with Crippen molar-refractivity contribution in [1.29, 1.82) is 0 Å². The number of esters is 1. The minimum atomic E-state index is -0.452. The van der Waals surface area contributed by atoms with Gasteiger partial charge in [0.05, 0.1) is 17.6 Å². The third kappa shape index (κ3) is 4.37. The smallest absolute Gasteiger partial charge is 0.338 e. The summed E-state index contributed by atoms with van der Waals surface area (Å²) in [6.45, 7) is 4.81. The van der Waals surface area contributed by atoms with Crippen molar-refractivity contribution in [3.05, 3.63) is 62.4 Å². The van der Waals surface area contributed by atoms with E-state index in [1.807, 2.05) is 13.8 Å². The molecule has 0 saturated carbocycles. The van der Waals surface area contributed by atoms with Gasteiger partial charge in [0.15, 0.2) is 0 Å². The van der Waals surface area contributed by atoms with Gasteiger partial charge in [-0.1, -0.05) is 20.3 Å². The number of fused-ring (bicyclic) bond motifs is 1. The molecule has 2 heterocycles. The molecule has 170 valence electrons. The Labute approximate surface area is 185 Å². The molecular weight excluding hydrogens is 412 g/mol. The van der Waals surface area contributed by atoms with Crippen LogP contribution in [-0.2, 0) is 25.4 Å². The molecule has 3 aromatic rings. The number of unbranched alkanes of at least 4 members (excludes halogenated alkanes) is 1. The van der Waals surface area contributed by atoms with Crippen LogP contribution in [0.4, 0.5) is 5.69 Å². The summed E-state index contributed by atoms with van der Waals surface area (Å²) < 4.78 is 9.28. The number of hydrogen-bond acceptors (Lipinski definition) is 5. The van der Waals surface area contributed by atoms with E-state index in [9.17, 15) is 19.2 Å². The molecule has 1 aromatic carbocycles. The second-order valence-electron chi connectivity index (χ2n) is 7.65. The second kappa shape index (κ2) is 9.67. The first-order valence-corrected chi connectivity index (χ1v) is 10.7. The predicted molar refractivity (Wildman–Crippen MR) is 122 cm³/mol. The van der Waals surface area contributed by atoms with Crippen molar-refractivity contribution in [3.63, 3.8) is 0 Å². The van der Waals surface area contributed by atoms with Gasteiger partial charge in [-0.15, -0.1) is 0 Å². The van der Waals surface area contributed by atoms with Crippen LogP contribution in [0.25, 0.3) is 11.0 Å². The van der Waals surface area contributed by atoms with Crippen molar-refractivity contribution in [3.8, 4) is 0 Å². The Hall–Kier alpha value is -3.62. The lowest BCUT2D eigenvalue weighted by Gasteiger charge is -2.12. The standard InChI is InChI=1S/C23H28N4O5/c1-5-7-13-32-22(30)15-8-10-16(11-9-15)24-19(28)18-14-17-20(27(18)12-6-2)25(3)23(31)26(4)21(17)29/h8-11,14H,5-7,12-13H2,1-4H3,(H,24,28). The number of aromatic nitrogens is 3. The normalized spacial score (nSPS) is 11.0. The second-order valence-corrected chi connectivity index (χ2v) is 7.65. The van der Waals surface area contributed by atoms with Crippen LogP contribution in [0.2, 0.25) is 0 Å². The number of amides is 1. The Morgan fingerprint density at radius 1 is 1.00 bits per heavy atom. The van der Waals surface area contributed by atoms with Gasteiger partial charge in [-0.05, 0) is 43.2 Å². The number of aryl methyl sites for hydroxylation is 2. The molecule has 0 aliphatic rings. The Morgan fingerprint density at radius 3 is 2.31 bits per heavy atom. The van der Waals surface area contributed by atoms with Crippen LogP contribution in [0.1, 0.15) is 54.0 Å². The zero-order chi connectivity index (χ0) is 23.4. The summed E-state index contributed by atoms with van der Waals surface area (Å²) in [6, 6.07) is 7.93. The van der Waals surface area contributed by atoms with Gasteiger partial charge in [-0.3, -0.25) is 18.7 Å². The van der Waals surface area contributed by atoms with Crippen LogP contribution in [0.5, 0.6) is 0 Å². The van der Waals surface area contributed by atoms with E-state index in [4.69, 9.17) is 4.74 Å². The first-order chi connectivity index (χ1) is 15.3. The lowest BCUT2D eigenvalue weighted by atomic mass is 10.2. The van der Waals surface area contributed by atoms with Gasteiger partial charge in [-0.2, -0.15) is 0 Å². The topological polar surface area (TPSA) is 104 Å². The number of hydrogen-bond donors (Lipinski definition) is 1. The number of nitrogens with zero attached hydrogens (tertiary/aromatic N) is 3. The van der Waals surface area contributed by atoms with Crippen LogP contribution >= 0.6 is 0 Å². The van der Waals surface area contributed by atoms with Gasteiger partial charge in [0, 0.05) is 26.3 Å². The number of anilines is 1. The summed E-state index contributed by atoms with van der Waals surface area (Å²) in [5.74, 6) is -0.821. The zero-order valence-electron chi connectivity index (χ0n) is 18.8. The van der Waals surface area contributed by atoms with Crippen LogP contribution in [0.3, 0.4) is 0 Å². The van der Waals surface area contributed by atoms with Crippen LogP contribution in [0.15, 0.2) is 39.9 Å². The van der Waals surface area contributed by atoms with E-state index >= 15 is 0 Å². The molecule has 0 aliphatic carbocycles. The van der Waals surface area contributed by atoms with Crippen molar-refractivity contribution in [1.82, 2.24) is 13.7 Å². The molecule has 9 heteroatoms. The summed E-state index contributed by atoms with van der Waals surface area (Å²) in [6.07, 6.45) is 2.45. The summed E-state index contributed by atoms with van der Waals surface area (Å²) in [7, 11) is 2.99. The van der Waals surface area contributed by atoms with Crippen LogP contribution in [-0.4, -0.2) is 32.2 Å². The van der Waals surface area contributed by atoms with Gasteiger partial charge in [-0.25, -0.2) is 9.59 Å². The molecule has 0 spiro atoms. The van der Waals surface area contributed by atoms with E-state index in [0.717, 1.165) is 17.4 Å². The Kier molecular flexibility index (Phi) is 6.97. The van der Waals surface area contributed by atoms with E-state index in [0.29, 0.717) is 41.9 Å². The fourth-order valence-corrected chi connectivity index (χ4v) is 3.56. The van der Waals surface area contributed by atoms with Gasteiger partial charge in [0.2, 0.25) is 0 Å². The maximum absolute atomic E-state index is 13.0. The predicted octanol–water partition coefficient (Wildman–Crippen LogP) is 2.66. The Bertz CT molecular complexity index is 1260. The lowest BCUT2D eigenvalue weighted by molar-refractivity contribution is 0.0499. The van der Waals surface area contributed by atoms with Crippen molar-refractivity contribution in [2.75, 3.05) is 11.9 Å². The van der Waals surface area contributed by atoms with Crippen molar-refractivity contribution in [2.24, 2.45) is 14.1 Å². The molecule has 1 amide bonds. The largest absolute Gasteiger partial charge is 0.462 e. The summed E-state index contributed by atoms with van der Waals surface area (Å²) in [5.41, 5.74) is 0.690. The van der Waals surface area contributed by atoms with E-state index < -0.39 is 23.1 Å². The van der Waals surface area contributed by atoms with Gasteiger partial charge in [0.25, 0.3) is 11.5 Å². The SMILES string of the molecule is CCCCOC(=O)c1ccc(NC(=O)c2cc3c(=O)n(C)c(=O)n(C)c3n2CCC)cc1. The number of carbonyl (C=O) groups is 2. The maximum atomic E-state index is 13.0. The highest BCUT2D eigenvalue weighted by Gasteiger charge is 2.21. The molecule has 0 unspecified atom stereocenters. The molecule has 9 nitrogen and oxygen atoms in total. The van der Waals surface area contributed by atoms with Crippen molar-refractivity contribution < 1.29 is 14.3 Å². The summed E-state index contributed by atoms with van der Waals surface area (Å²) in [5, 5.41) is 3.10. The highest BCUT2D eigenvalue weighted by Crippen LogP contribution is 2.19. The fourth-order valence-electron chi connectivity index (χ4n) is 3.56. The number of ether oxygens (including phenoxy) is 1. The molecule has 32 heavy (non-hydrogen) atoms. The average molecular weight is 441 g/mol. The minimum absolute atomic E-state index is 0.281. The van der Waals surface area contributed by atoms with E-state index in [2.05, 4.69) is 5.32 Å². The number of benzene rings is 1. The molecule has 1 N–H and O–H groups in total. The van der Waals surface area contributed by atoms with Crippen molar-refractivity contribution >= 4 is 28.6 Å². The Balaban J connectivity index is 1.90. The molecule has 0 radical (unpaired) electrons. The lowest BCUT2D eigenvalue weighted by Crippen LogP contribution is -2.37. The molecule has 2 aromatic heterocycles. The highest BCUT2D eigenvalue weighted by molar-refractivity contribution is 6.06. The molecule has 0 bridgehead atoms. The molecule has 3 rings (SSSR count). The van der Waals surface area contributed by atoms with Gasteiger partial charge >= 0.3 is 11.7 Å². The molecule has 0 atom stereocenters. The summed E-state index contributed by atoms with van der Waals surface area (Å²) in [4.78, 5) is 50.1. The molecule has 0 fully saturated rings.